The molecule has 2 N–H and O–H groups in total. The summed E-state index contributed by atoms with van der Waals surface area (Å²) in [6.45, 7) is 3.08. The SMILES string of the molecule is COc1ccc(CNC(=O)N(C)CC2CCCC2O)cc1C. The first kappa shape index (κ1) is 16.6. The summed E-state index contributed by atoms with van der Waals surface area (Å²) in [4.78, 5) is 13.8. The smallest absolute Gasteiger partial charge is 0.317 e. The molecule has 2 atom stereocenters. The predicted molar refractivity (Wildman–Crippen MR) is 85.9 cm³/mol. The Kier molecular flexibility index (Phi) is 5.66. The van der Waals surface area contributed by atoms with E-state index in [1.165, 1.54) is 0 Å². The second-order valence-corrected chi connectivity index (χ2v) is 6.10. The highest BCUT2D eigenvalue weighted by Crippen LogP contribution is 2.26. The fourth-order valence-corrected chi connectivity index (χ4v) is 3.03. The van der Waals surface area contributed by atoms with Crippen molar-refractivity contribution in [3.8, 4) is 5.75 Å². The molecule has 0 aliphatic heterocycles. The lowest BCUT2D eigenvalue weighted by molar-refractivity contribution is 0.114. The summed E-state index contributed by atoms with van der Waals surface area (Å²) in [5.74, 6) is 1.06. The van der Waals surface area contributed by atoms with E-state index in [0.29, 0.717) is 13.1 Å². The average molecular weight is 306 g/mol. The Bertz CT molecular complexity index is 519. The Hall–Kier alpha value is -1.75. The van der Waals surface area contributed by atoms with Crippen molar-refractivity contribution in [3.63, 3.8) is 0 Å². The van der Waals surface area contributed by atoms with Gasteiger partial charge < -0.3 is 20.1 Å². The van der Waals surface area contributed by atoms with Crippen molar-refractivity contribution >= 4 is 6.03 Å². The molecule has 0 saturated heterocycles. The first-order valence-corrected chi connectivity index (χ1v) is 7.81. The molecule has 22 heavy (non-hydrogen) atoms. The van der Waals surface area contributed by atoms with Crippen LogP contribution in [0.25, 0.3) is 0 Å². The van der Waals surface area contributed by atoms with Crippen LogP contribution in [-0.2, 0) is 6.54 Å². The quantitative estimate of drug-likeness (QED) is 0.877. The van der Waals surface area contributed by atoms with Crippen LogP contribution >= 0.6 is 0 Å². The molecule has 5 nitrogen and oxygen atoms in total. The van der Waals surface area contributed by atoms with Crippen molar-refractivity contribution in [1.82, 2.24) is 10.2 Å². The second-order valence-electron chi connectivity index (χ2n) is 6.10. The van der Waals surface area contributed by atoms with Crippen LogP contribution in [0.1, 0.15) is 30.4 Å². The Labute approximate surface area is 132 Å². The van der Waals surface area contributed by atoms with Crippen molar-refractivity contribution < 1.29 is 14.6 Å². The number of rotatable bonds is 5. The van der Waals surface area contributed by atoms with Gasteiger partial charge in [0.15, 0.2) is 0 Å². The van der Waals surface area contributed by atoms with E-state index < -0.39 is 0 Å². The van der Waals surface area contributed by atoms with Crippen LogP contribution < -0.4 is 10.1 Å². The van der Waals surface area contributed by atoms with Gasteiger partial charge in [0.1, 0.15) is 5.75 Å². The first-order valence-electron chi connectivity index (χ1n) is 7.81. The van der Waals surface area contributed by atoms with Gasteiger partial charge in [-0.15, -0.1) is 0 Å². The van der Waals surface area contributed by atoms with Gasteiger partial charge in [-0.1, -0.05) is 18.6 Å². The number of benzene rings is 1. The fraction of sp³-hybridized carbons (Fsp3) is 0.588. The van der Waals surface area contributed by atoms with Gasteiger partial charge in [0, 0.05) is 26.1 Å². The zero-order chi connectivity index (χ0) is 16.1. The molecule has 1 saturated carbocycles. The molecule has 1 fully saturated rings. The Balaban J connectivity index is 1.82. The van der Waals surface area contributed by atoms with Crippen LogP contribution in [-0.4, -0.2) is 42.8 Å². The summed E-state index contributed by atoms with van der Waals surface area (Å²) in [7, 11) is 3.43. The molecule has 1 aliphatic rings. The van der Waals surface area contributed by atoms with Gasteiger partial charge in [0.25, 0.3) is 0 Å². The van der Waals surface area contributed by atoms with E-state index in [2.05, 4.69) is 5.32 Å². The normalized spacial score (nSPS) is 20.7. The van der Waals surface area contributed by atoms with Crippen LogP contribution in [0.2, 0.25) is 0 Å². The summed E-state index contributed by atoms with van der Waals surface area (Å²) in [6, 6.07) is 5.77. The summed E-state index contributed by atoms with van der Waals surface area (Å²) in [5, 5.41) is 12.8. The summed E-state index contributed by atoms with van der Waals surface area (Å²) < 4.78 is 5.23. The number of carbonyl (C=O) groups is 1. The molecule has 0 spiro atoms. The van der Waals surface area contributed by atoms with Gasteiger partial charge in [0.05, 0.1) is 13.2 Å². The molecule has 0 bridgehead atoms. The van der Waals surface area contributed by atoms with Gasteiger partial charge in [0.2, 0.25) is 0 Å². The molecule has 5 heteroatoms. The number of aliphatic hydroxyl groups excluding tert-OH is 1. The Morgan fingerprint density at radius 3 is 2.82 bits per heavy atom. The number of carbonyl (C=O) groups excluding carboxylic acids is 1. The molecule has 2 rings (SSSR count). The Morgan fingerprint density at radius 1 is 1.45 bits per heavy atom. The topological polar surface area (TPSA) is 61.8 Å². The highest BCUT2D eigenvalue weighted by Gasteiger charge is 2.27. The number of ether oxygens (including phenoxy) is 1. The zero-order valence-corrected chi connectivity index (χ0v) is 13.6. The summed E-state index contributed by atoms with van der Waals surface area (Å²) in [5.41, 5.74) is 2.10. The van der Waals surface area contributed by atoms with Crippen LogP contribution in [0.4, 0.5) is 4.79 Å². The molecule has 0 aromatic heterocycles. The summed E-state index contributed by atoms with van der Waals surface area (Å²) >= 11 is 0. The maximum atomic E-state index is 12.1. The van der Waals surface area contributed by atoms with Crippen molar-refractivity contribution in [2.75, 3.05) is 20.7 Å². The molecule has 0 heterocycles. The Morgan fingerprint density at radius 2 is 2.23 bits per heavy atom. The van der Waals surface area contributed by atoms with Gasteiger partial charge in [-0.2, -0.15) is 0 Å². The number of aryl methyl sites for hydroxylation is 1. The third-order valence-electron chi connectivity index (χ3n) is 4.38. The summed E-state index contributed by atoms with van der Waals surface area (Å²) in [6.07, 6.45) is 2.63. The molecule has 0 radical (unpaired) electrons. The number of aliphatic hydroxyl groups is 1. The van der Waals surface area contributed by atoms with Gasteiger partial charge >= 0.3 is 6.03 Å². The van der Waals surface area contributed by atoms with Gasteiger partial charge in [-0.05, 0) is 37.0 Å². The number of methoxy groups -OCH3 is 1. The minimum atomic E-state index is -0.264. The molecule has 1 aromatic rings. The maximum absolute atomic E-state index is 12.1. The zero-order valence-electron chi connectivity index (χ0n) is 13.6. The van der Waals surface area contributed by atoms with Gasteiger partial charge in [-0.25, -0.2) is 4.79 Å². The number of hydrogen-bond acceptors (Lipinski definition) is 3. The van der Waals surface area contributed by atoms with E-state index in [1.54, 1.807) is 19.1 Å². The fourth-order valence-electron chi connectivity index (χ4n) is 3.03. The molecule has 2 unspecified atom stereocenters. The lowest BCUT2D eigenvalue weighted by atomic mass is 10.1. The van der Waals surface area contributed by atoms with E-state index in [1.807, 2.05) is 25.1 Å². The molecule has 1 aliphatic carbocycles. The number of hydrogen-bond donors (Lipinski definition) is 2. The molecule has 122 valence electrons. The number of amides is 2. The van der Waals surface area contributed by atoms with Crippen LogP contribution in [0, 0.1) is 12.8 Å². The third-order valence-corrected chi connectivity index (χ3v) is 4.38. The monoisotopic (exact) mass is 306 g/mol. The molecule has 2 amide bonds. The number of urea groups is 1. The minimum Gasteiger partial charge on any atom is -0.496 e. The van der Waals surface area contributed by atoms with Crippen LogP contribution in [0.15, 0.2) is 18.2 Å². The third kappa shape index (κ3) is 4.13. The maximum Gasteiger partial charge on any atom is 0.317 e. The standard InChI is InChI=1S/C17H26N2O3/c1-12-9-13(7-8-16(12)22-3)10-18-17(21)19(2)11-14-5-4-6-15(14)20/h7-9,14-15,20H,4-6,10-11H2,1-3H3,(H,18,21). The highest BCUT2D eigenvalue weighted by molar-refractivity contribution is 5.73. The van der Waals surface area contributed by atoms with Crippen molar-refractivity contribution in [3.05, 3.63) is 29.3 Å². The second kappa shape index (κ2) is 7.49. The highest BCUT2D eigenvalue weighted by atomic mass is 16.5. The van der Waals surface area contributed by atoms with Crippen molar-refractivity contribution in [2.24, 2.45) is 5.92 Å². The van der Waals surface area contributed by atoms with Crippen LogP contribution in [0.5, 0.6) is 5.75 Å². The van der Waals surface area contributed by atoms with Crippen molar-refractivity contribution in [1.29, 1.82) is 0 Å². The van der Waals surface area contributed by atoms with E-state index in [-0.39, 0.29) is 18.1 Å². The largest absolute Gasteiger partial charge is 0.496 e. The molecule has 1 aromatic carbocycles. The van der Waals surface area contributed by atoms with Gasteiger partial charge in [-0.3, -0.25) is 0 Å². The van der Waals surface area contributed by atoms with Crippen LogP contribution in [0.3, 0.4) is 0 Å². The van der Waals surface area contributed by atoms with E-state index in [4.69, 9.17) is 4.74 Å². The average Bonchev–Trinajstić information content (AvgIpc) is 2.90. The van der Waals surface area contributed by atoms with E-state index >= 15 is 0 Å². The van der Waals surface area contributed by atoms with Crippen molar-refractivity contribution in [2.45, 2.75) is 38.8 Å². The first-order chi connectivity index (χ1) is 10.5. The molecular formula is C17H26N2O3. The predicted octanol–water partition coefficient (Wildman–Crippen LogP) is 2.31. The molecular weight excluding hydrogens is 280 g/mol. The number of nitrogens with one attached hydrogen (secondary N) is 1. The lowest BCUT2D eigenvalue weighted by Crippen LogP contribution is -2.40. The lowest BCUT2D eigenvalue weighted by Gasteiger charge is -2.23. The minimum absolute atomic E-state index is 0.104. The van der Waals surface area contributed by atoms with E-state index in [0.717, 1.165) is 36.1 Å². The van der Waals surface area contributed by atoms with E-state index in [9.17, 15) is 9.90 Å². The number of nitrogens with zero attached hydrogens (tertiary/aromatic N) is 1.